The summed E-state index contributed by atoms with van der Waals surface area (Å²) in [7, 11) is 0. The second-order valence-corrected chi connectivity index (χ2v) is 5.29. The van der Waals surface area contributed by atoms with Crippen LogP contribution in [-0.2, 0) is 4.79 Å². The molecule has 0 aromatic heterocycles. The summed E-state index contributed by atoms with van der Waals surface area (Å²) in [6.45, 7) is 7.90. The first kappa shape index (κ1) is 12.5. The molecule has 0 aromatic rings. The Labute approximate surface area is 91.4 Å². The summed E-state index contributed by atoms with van der Waals surface area (Å²) < 4.78 is 0. The monoisotopic (exact) mass is 214 g/mol. The van der Waals surface area contributed by atoms with Gasteiger partial charge in [0.2, 0.25) is 5.91 Å². The molecule has 0 aliphatic carbocycles. The van der Waals surface area contributed by atoms with Crippen molar-refractivity contribution in [3.63, 3.8) is 0 Å². The fourth-order valence-corrected chi connectivity index (χ4v) is 1.61. The third-order valence-corrected chi connectivity index (χ3v) is 2.93. The number of rotatable bonds is 4. The van der Waals surface area contributed by atoms with Crippen molar-refractivity contribution in [2.24, 2.45) is 11.3 Å². The van der Waals surface area contributed by atoms with E-state index in [2.05, 4.69) is 31.4 Å². The van der Waals surface area contributed by atoms with Crippen molar-refractivity contribution in [3.05, 3.63) is 0 Å². The Morgan fingerprint density at radius 3 is 2.47 bits per heavy atom. The van der Waals surface area contributed by atoms with Crippen molar-refractivity contribution >= 4 is 5.91 Å². The lowest BCUT2D eigenvalue weighted by molar-refractivity contribution is -0.128. The molecular formula is C11H22N2O2. The van der Waals surface area contributed by atoms with Crippen LogP contribution >= 0.6 is 0 Å². The van der Waals surface area contributed by atoms with Gasteiger partial charge in [-0.1, -0.05) is 20.8 Å². The zero-order valence-electron chi connectivity index (χ0n) is 9.84. The van der Waals surface area contributed by atoms with Gasteiger partial charge >= 0.3 is 0 Å². The summed E-state index contributed by atoms with van der Waals surface area (Å²) in [6, 6.07) is 0.0515. The molecule has 88 valence electrons. The SMILES string of the molecule is CC(C)(C)C(CCO)NC(=O)C1CNC1. The van der Waals surface area contributed by atoms with E-state index in [1.54, 1.807) is 0 Å². The lowest BCUT2D eigenvalue weighted by Crippen LogP contribution is -2.55. The van der Waals surface area contributed by atoms with Gasteiger partial charge in [0.15, 0.2) is 0 Å². The summed E-state index contributed by atoms with van der Waals surface area (Å²) >= 11 is 0. The van der Waals surface area contributed by atoms with Gasteiger partial charge in [-0.25, -0.2) is 0 Å². The molecular weight excluding hydrogens is 192 g/mol. The molecule has 1 heterocycles. The van der Waals surface area contributed by atoms with Crippen molar-refractivity contribution in [1.29, 1.82) is 0 Å². The first-order valence-corrected chi connectivity index (χ1v) is 5.57. The van der Waals surface area contributed by atoms with E-state index in [4.69, 9.17) is 5.11 Å². The highest BCUT2D eigenvalue weighted by molar-refractivity contribution is 5.80. The summed E-state index contributed by atoms with van der Waals surface area (Å²) in [5.74, 6) is 0.232. The van der Waals surface area contributed by atoms with Gasteiger partial charge in [0, 0.05) is 25.7 Å². The molecule has 1 aliphatic heterocycles. The van der Waals surface area contributed by atoms with Gasteiger partial charge in [-0.3, -0.25) is 4.79 Å². The van der Waals surface area contributed by atoms with Crippen LogP contribution < -0.4 is 10.6 Å². The van der Waals surface area contributed by atoms with Crippen LogP contribution in [0.1, 0.15) is 27.2 Å². The molecule has 1 amide bonds. The topological polar surface area (TPSA) is 61.4 Å². The number of hydrogen-bond acceptors (Lipinski definition) is 3. The third kappa shape index (κ3) is 3.47. The van der Waals surface area contributed by atoms with Gasteiger partial charge in [0.1, 0.15) is 0 Å². The summed E-state index contributed by atoms with van der Waals surface area (Å²) in [5, 5.41) is 15.1. The predicted octanol–water partition coefficient (Wildman–Crippen LogP) is 0.119. The average Bonchev–Trinajstić information content (AvgIpc) is 1.98. The van der Waals surface area contributed by atoms with Crippen molar-refractivity contribution in [1.82, 2.24) is 10.6 Å². The molecule has 0 spiro atoms. The minimum absolute atomic E-state index is 0.00440. The van der Waals surface area contributed by atoms with Crippen molar-refractivity contribution in [2.75, 3.05) is 19.7 Å². The molecule has 1 fully saturated rings. The van der Waals surface area contributed by atoms with E-state index in [0.717, 1.165) is 13.1 Å². The van der Waals surface area contributed by atoms with Crippen LogP contribution in [0.25, 0.3) is 0 Å². The van der Waals surface area contributed by atoms with Gasteiger partial charge < -0.3 is 15.7 Å². The van der Waals surface area contributed by atoms with Crippen LogP contribution in [0.2, 0.25) is 0 Å². The highest BCUT2D eigenvalue weighted by atomic mass is 16.3. The zero-order chi connectivity index (χ0) is 11.5. The molecule has 1 unspecified atom stereocenters. The van der Waals surface area contributed by atoms with Gasteiger partial charge in [-0.15, -0.1) is 0 Å². The predicted molar refractivity (Wildman–Crippen MR) is 59.4 cm³/mol. The van der Waals surface area contributed by atoms with Crippen molar-refractivity contribution < 1.29 is 9.90 Å². The summed E-state index contributed by atoms with van der Waals surface area (Å²) in [4.78, 5) is 11.7. The lowest BCUT2D eigenvalue weighted by atomic mass is 9.84. The molecule has 0 bridgehead atoms. The highest BCUT2D eigenvalue weighted by Crippen LogP contribution is 2.22. The van der Waals surface area contributed by atoms with Gasteiger partial charge in [0.25, 0.3) is 0 Å². The number of nitrogens with one attached hydrogen (secondary N) is 2. The average molecular weight is 214 g/mol. The van der Waals surface area contributed by atoms with E-state index in [1.807, 2.05) is 0 Å². The molecule has 4 nitrogen and oxygen atoms in total. The molecule has 1 aliphatic rings. The van der Waals surface area contributed by atoms with Crippen molar-refractivity contribution in [2.45, 2.75) is 33.2 Å². The van der Waals surface area contributed by atoms with Crippen LogP contribution in [0.15, 0.2) is 0 Å². The standard InChI is InChI=1S/C11H22N2O2/c1-11(2,3)9(4-5-14)13-10(15)8-6-12-7-8/h8-9,12,14H,4-7H2,1-3H3,(H,13,15). The quantitative estimate of drug-likeness (QED) is 0.623. The van der Waals surface area contributed by atoms with E-state index in [-0.39, 0.29) is 29.9 Å². The fraction of sp³-hybridized carbons (Fsp3) is 0.909. The van der Waals surface area contributed by atoms with E-state index in [1.165, 1.54) is 0 Å². The zero-order valence-corrected chi connectivity index (χ0v) is 9.84. The first-order valence-electron chi connectivity index (χ1n) is 5.57. The number of aliphatic hydroxyl groups excluding tert-OH is 1. The molecule has 0 saturated carbocycles. The molecule has 4 heteroatoms. The molecule has 0 radical (unpaired) electrons. The lowest BCUT2D eigenvalue weighted by Gasteiger charge is -2.34. The van der Waals surface area contributed by atoms with Crippen LogP contribution in [0.3, 0.4) is 0 Å². The van der Waals surface area contributed by atoms with Gasteiger partial charge in [-0.2, -0.15) is 0 Å². The Morgan fingerprint density at radius 1 is 1.53 bits per heavy atom. The maximum atomic E-state index is 11.7. The second-order valence-electron chi connectivity index (χ2n) is 5.29. The summed E-state index contributed by atoms with van der Waals surface area (Å²) in [5.41, 5.74) is -0.00440. The molecule has 0 aromatic carbocycles. The Kier molecular flexibility index (Phi) is 4.11. The van der Waals surface area contributed by atoms with Crippen molar-refractivity contribution in [3.8, 4) is 0 Å². The molecule has 1 atom stereocenters. The Morgan fingerprint density at radius 2 is 2.13 bits per heavy atom. The number of carbonyl (C=O) groups excluding carboxylic acids is 1. The number of aliphatic hydroxyl groups is 1. The normalized spacial score (nSPS) is 19.5. The first-order chi connectivity index (χ1) is 6.95. The summed E-state index contributed by atoms with van der Waals surface area (Å²) in [6.07, 6.45) is 0.620. The second kappa shape index (κ2) is 4.94. The number of carbonyl (C=O) groups is 1. The van der Waals surface area contributed by atoms with Gasteiger partial charge in [0.05, 0.1) is 5.92 Å². The van der Waals surface area contributed by atoms with E-state index in [0.29, 0.717) is 6.42 Å². The minimum Gasteiger partial charge on any atom is -0.396 e. The molecule has 15 heavy (non-hydrogen) atoms. The van der Waals surface area contributed by atoms with Crippen LogP contribution in [0, 0.1) is 11.3 Å². The Balaban J connectivity index is 2.46. The highest BCUT2D eigenvalue weighted by Gasteiger charge is 2.30. The molecule has 3 N–H and O–H groups in total. The van der Waals surface area contributed by atoms with Gasteiger partial charge in [-0.05, 0) is 11.8 Å². The van der Waals surface area contributed by atoms with Crippen LogP contribution in [0.4, 0.5) is 0 Å². The molecule has 1 rings (SSSR count). The van der Waals surface area contributed by atoms with Crippen LogP contribution in [0.5, 0.6) is 0 Å². The van der Waals surface area contributed by atoms with Crippen LogP contribution in [-0.4, -0.2) is 36.8 Å². The third-order valence-electron chi connectivity index (χ3n) is 2.93. The van der Waals surface area contributed by atoms with E-state index < -0.39 is 0 Å². The Hall–Kier alpha value is -0.610. The molecule has 1 saturated heterocycles. The van der Waals surface area contributed by atoms with E-state index >= 15 is 0 Å². The van der Waals surface area contributed by atoms with E-state index in [9.17, 15) is 4.79 Å². The maximum absolute atomic E-state index is 11.7. The largest absolute Gasteiger partial charge is 0.396 e. The fourth-order valence-electron chi connectivity index (χ4n) is 1.61. The maximum Gasteiger partial charge on any atom is 0.225 e. The minimum atomic E-state index is -0.00440. The number of amides is 1. The Bertz CT molecular complexity index is 219. The smallest absolute Gasteiger partial charge is 0.225 e. The number of hydrogen-bond donors (Lipinski definition) is 3.